The van der Waals surface area contributed by atoms with E-state index in [2.05, 4.69) is 202 Å². The lowest BCUT2D eigenvalue weighted by Gasteiger charge is -2.48. The van der Waals surface area contributed by atoms with Gasteiger partial charge in [-0.2, -0.15) is 0 Å². The Bertz CT molecular complexity index is 4260. The number of carbonyl (C=O) groups excluding carboxylic acids is 3. The molecular formula is C102H144B3Br3Cl3N15O6. The lowest BCUT2D eigenvalue weighted by molar-refractivity contribution is -0.140. The van der Waals surface area contributed by atoms with Crippen LogP contribution in [0.5, 0.6) is 0 Å². The van der Waals surface area contributed by atoms with Crippen molar-refractivity contribution in [3.63, 3.8) is 0 Å². The third-order valence-corrected chi connectivity index (χ3v) is 34.6. The second kappa shape index (κ2) is 45.9. The number of pyridine rings is 3. The van der Waals surface area contributed by atoms with E-state index in [9.17, 15) is 29.5 Å². The van der Waals surface area contributed by atoms with Crippen molar-refractivity contribution >= 4 is 121 Å². The summed E-state index contributed by atoms with van der Waals surface area (Å²) >= 11 is 30.3. The smallest absolute Gasteiger partial charge is 0.376 e. The second-order valence-corrected chi connectivity index (χ2v) is 45.8. The standard InChI is InChI=1S/3C34H48BBrClN5O2/c3*1-23(2)31-22-40(16-17-42(31)32(43)18-24-8-14-41(15-9-24)35(3)44)29-10-12-39(13-11-29)34-30-7-6-28(37)20-25(30)4-5-26-19-27(36)21-38-33(26)34/h3*6-7,19-21,23-24,29,31,34,44H,4-5,8-18,22H2,1-3H3/t3*31-,34?/m111/s1. The van der Waals surface area contributed by atoms with E-state index in [0.29, 0.717) is 90.6 Å². The Morgan fingerprint density at radius 2 is 0.583 bits per heavy atom. The van der Waals surface area contributed by atoms with Crippen LogP contribution in [0.4, 0.5) is 0 Å². The summed E-state index contributed by atoms with van der Waals surface area (Å²) in [6, 6.07) is 28.9. The molecule has 6 atom stereocenters. The Hall–Kier alpha value is -4.46. The molecule has 3 aromatic heterocycles. The largest absolute Gasteiger partial charge is 0.437 e. The highest BCUT2D eigenvalue weighted by atomic mass is 79.9. The first-order chi connectivity index (χ1) is 63.5. The molecule has 9 saturated heterocycles. The third kappa shape index (κ3) is 24.2. The first-order valence-corrected chi connectivity index (χ1v) is 53.9. The number of fused-ring (bicyclic) bond motifs is 6. The fraction of sp³-hybridized carbons (Fsp3) is 0.647. The van der Waals surface area contributed by atoms with Crippen molar-refractivity contribution in [3.05, 3.63) is 187 Å². The van der Waals surface area contributed by atoms with E-state index in [-0.39, 0.29) is 36.3 Å². The summed E-state index contributed by atoms with van der Waals surface area (Å²) in [7, 11) is -1.18. The van der Waals surface area contributed by atoms with Crippen molar-refractivity contribution < 1.29 is 29.5 Å². The summed E-state index contributed by atoms with van der Waals surface area (Å²) in [6.07, 6.45) is 26.4. The molecule has 0 radical (unpaired) electrons. The van der Waals surface area contributed by atoms with Crippen molar-refractivity contribution in [1.29, 1.82) is 0 Å². The van der Waals surface area contributed by atoms with Gasteiger partial charge in [0.1, 0.15) is 0 Å². The van der Waals surface area contributed by atoms with E-state index >= 15 is 0 Å². The zero-order valence-corrected chi connectivity index (χ0v) is 86.8. The van der Waals surface area contributed by atoms with Gasteiger partial charge in [0.2, 0.25) is 17.7 Å². The van der Waals surface area contributed by atoms with Crippen LogP contribution in [0.1, 0.15) is 223 Å². The maximum Gasteiger partial charge on any atom is 0.376 e. The molecule has 9 aliphatic heterocycles. The Morgan fingerprint density at radius 3 is 0.818 bits per heavy atom. The van der Waals surface area contributed by atoms with Gasteiger partial charge < -0.3 is 44.2 Å². The molecule has 3 unspecified atom stereocenters. The number of halogens is 6. The minimum atomic E-state index is -0.395. The molecule has 30 heteroatoms. The molecule has 3 amide bonds. The monoisotopic (exact) mass is 2050 g/mol. The van der Waals surface area contributed by atoms with Crippen LogP contribution in [0.15, 0.2) is 105 Å². The van der Waals surface area contributed by atoms with Crippen LogP contribution in [0, 0.1) is 35.5 Å². The SMILES string of the molecule is CB(O)N1CCC(CC(=O)N2CCN(C3CCN(C4c5ccc(Cl)cc5CCc5cc(Br)cnc54)CC3)C[C@@H]2C(C)C)CC1.CB(O)N1CCC(CC(=O)N2CCN(C3CCN(C4c5ccc(Cl)cc5CCc5cc(Br)cnc54)CC3)C[C@@H]2C(C)C)CC1.CB(O)N1CCC(CC(=O)N2CCN(C3CCN(C4c5ccc(Cl)cc5CCc5cc(Br)cnc54)CC3)C[C@@H]2C(C)C)CC1. The first kappa shape index (κ1) is 101. The molecule has 18 rings (SSSR count). The Labute approximate surface area is 829 Å². The van der Waals surface area contributed by atoms with Gasteiger partial charge in [-0.1, -0.05) is 94.5 Å². The maximum atomic E-state index is 13.6. The molecule has 0 spiro atoms. The first-order valence-electron chi connectivity index (χ1n) is 50.4. The highest BCUT2D eigenvalue weighted by molar-refractivity contribution is 9.11. The predicted octanol–water partition coefficient (Wildman–Crippen LogP) is 16.6. The molecule has 12 heterocycles. The van der Waals surface area contributed by atoms with E-state index < -0.39 is 21.2 Å². The van der Waals surface area contributed by atoms with Crippen LogP contribution in [-0.2, 0) is 52.9 Å². The Balaban J connectivity index is 0.000000144. The number of benzene rings is 3. The molecule has 3 N–H and O–H groups in total. The highest BCUT2D eigenvalue weighted by Crippen LogP contribution is 2.45. The molecule has 12 aliphatic rings. The lowest BCUT2D eigenvalue weighted by Crippen LogP contribution is -2.60. The molecule has 6 aromatic rings. The van der Waals surface area contributed by atoms with E-state index in [4.69, 9.17) is 49.8 Å². The fourth-order valence-corrected chi connectivity index (χ4v) is 26.4. The van der Waals surface area contributed by atoms with Gasteiger partial charge in [-0.15, -0.1) is 0 Å². The number of rotatable bonds is 18. The van der Waals surface area contributed by atoms with Crippen molar-refractivity contribution in [3.8, 4) is 0 Å². The van der Waals surface area contributed by atoms with Crippen molar-refractivity contribution in [2.75, 3.05) is 137 Å². The van der Waals surface area contributed by atoms with Gasteiger partial charge in [0.25, 0.3) is 0 Å². The van der Waals surface area contributed by atoms with Crippen LogP contribution in [-0.4, -0.2) is 301 Å². The zero-order valence-electron chi connectivity index (χ0n) is 79.8. The number of piperidine rings is 6. The minimum Gasteiger partial charge on any atom is -0.437 e. The molecule has 21 nitrogen and oxygen atoms in total. The van der Waals surface area contributed by atoms with Crippen molar-refractivity contribution in [2.24, 2.45) is 35.5 Å². The maximum absolute atomic E-state index is 13.6. The topological polar surface area (TPSA) is 189 Å². The summed E-state index contributed by atoms with van der Waals surface area (Å²) < 4.78 is 3.12. The molecule has 3 aromatic carbocycles. The number of hydrogen-bond acceptors (Lipinski definition) is 18. The summed E-state index contributed by atoms with van der Waals surface area (Å²) in [4.78, 5) is 84.7. The number of amides is 3. The summed E-state index contributed by atoms with van der Waals surface area (Å²) in [5.74, 6) is 3.56. The number of hydrogen-bond donors (Lipinski definition) is 3. The Morgan fingerprint density at radius 1 is 0.341 bits per heavy atom. The van der Waals surface area contributed by atoms with Gasteiger partial charge in [-0.3, -0.25) is 58.7 Å². The average molecular weight is 2050 g/mol. The van der Waals surface area contributed by atoms with Crippen LogP contribution >= 0.6 is 82.6 Å². The summed E-state index contributed by atoms with van der Waals surface area (Å²) in [5.41, 5.74) is 15.6. The number of aromatic nitrogens is 3. The zero-order chi connectivity index (χ0) is 92.9. The molecular weight excluding hydrogens is 1910 g/mol. The molecule has 3 aliphatic carbocycles. The van der Waals surface area contributed by atoms with Crippen LogP contribution in [0.3, 0.4) is 0 Å². The van der Waals surface area contributed by atoms with E-state index in [1.54, 1.807) is 0 Å². The number of nitrogens with zero attached hydrogens (tertiary/aromatic N) is 15. The number of likely N-dealkylation sites (tertiary alicyclic amines) is 3. The van der Waals surface area contributed by atoms with Gasteiger partial charge in [0.05, 0.1) is 35.2 Å². The molecule has 9 fully saturated rings. The van der Waals surface area contributed by atoms with E-state index in [1.165, 1.54) is 67.2 Å². The van der Waals surface area contributed by atoms with Crippen molar-refractivity contribution in [1.82, 2.24) is 73.5 Å². The quantitative estimate of drug-likeness (QED) is 0.0688. The fourth-order valence-electron chi connectivity index (χ4n) is 24.7. The molecule has 0 bridgehead atoms. The predicted molar refractivity (Wildman–Crippen MR) is 546 cm³/mol. The summed E-state index contributed by atoms with van der Waals surface area (Å²) in [6.45, 7) is 38.9. The molecule has 714 valence electrons. The number of aryl methyl sites for hydroxylation is 6. The number of carbonyl (C=O) groups is 3. The van der Waals surface area contributed by atoms with Crippen molar-refractivity contribution in [2.45, 2.75) is 251 Å². The Kier molecular flexibility index (Phi) is 34.9. The molecule has 0 saturated carbocycles. The molecule has 132 heavy (non-hydrogen) atoms. The van der Waals surface area contributed by atoms with Gasteiger partial charge >= 0.3 is 21.2 Å². The third-order valence-electron chi connectivity index (χ3n) is 32.6. The van der Waals surface area contributed by atoms with Gasteiger partial charge in [-0.05, 0) is 363 Å². The van der Waals surface area contributed by atoms with Gasteiger partial charge in [0.15, 0.2) is 0 Å². The minimum absolute atomic E-state index is 0.152. The van der Waals surface area contributed by atoms with E-state index in [0.717, 1.165) is 282 Å². The summed E-state index contributed by atoms with van der Waals surface area (Å²) in [5, 5.41) is 32.1. The van der Waals surface area contributed by atoms with Crippen LogP contribution < -0.4 is 0 Å². The average Bonchev–Trinajstić information content (AvgIpc) is 1.58. The van der Waals surface area contributed by atoms with E-state index in [1.807, 2.05) is 57.3 Å². The van der Waals surface area contributed by atoms with Crippen LogP contribution in [0.2, 0.25) is 35.5 Å². The lowest BCUT2D eigenvalue weighted by atomic mass is 9.80. The van der Waals surface area contributed by atoms with Gasteiger partial charge in [0, 0.05) is 201 Å². The normalized spacial score (nSPS) is 24.7. The van der Waals surface area contributed by atoms with Gasteiger partial charge in [-0.25, -0.2) is 0 Å². The highest BCUT2D eigenvalue weighted by Gasteiger charge is 2.45. The number of piperazine rings is 3. The second-order valence-electron chi connectivity index (χ2n) is 41.8. The van der Waals surface area contributed by atoms with Crippen LogP contribution in [0.25, 0.3) is 0 Å².